The third kappa shape index (κ3) is 6.94. The zero-order chi connectivity index (χ0) is 24.5. The number of ether oxygens (including phenoxy) is 4. The summed E-state index contributed by atoms with van der Waals surface area (Å²) in [5.74, 6) is 3.19. The van der Waals surface area contributed by atoms with Crippen LogP contribution in [0.3, 0.4) is 0 Å². The first-order chi connectivity index (χ1) is 16.5. The predicted octanol–water partition coefficient (Wildman–Crippen LogP) is 4.79. The van der Waals surface area contributed by atoms with Gasteiger partial charge in [-0.25, -0.2) is 8.51 Å². The van der Waals surface area contributed by atoms with Crippen LogP contribution in [0.5, 0.6) is 23.0 Å². The van der Waals surface area contributed by atoms with Gasteiger partial charge in [-0.3, -0.25) is 4.98 Å². The summed E-state index contributed by atoms with van der Waals surface area (Å²) in [7, 11) is 5.17. The van der Waals surface area contributed by atoms with Gasteiger partial charge in [-0.05, 0) is 40.2 Å². The Balaban J connectivity index is 1.86. The van der Waals surface area contributed by atoms with Gasteiger partial charge in [0, 0.05) is 64.9 Å². The van der Waals surface area contributed by atoms with Crippen LogP contribution in [-0.4, -0.2) is 47.7 Å². The van der Waals surface area contributed by atoms with Crippen LogP contribution in [0.1, 0.15) is 16.8 Å². The van der Waals surface area contributed by atoms with Crippen LogP contribution in [0.15, 0.2) is 59.2 Å². The van der Waals surface area contributed by atoms with Crippen LogP contribution in [0.4, 0.5) is 0 Å². The molecule has 3 rings (SSSR count). The number of methoxy groups -OCH3 is 4. The molecule has 0 amide bonds. The van der Waals surface area contributed by atoms with Crippen molar-refractivity contribution in [3.05, 3.63) is 76.0 Å². The molecule has 0 saturated heterocycles. The highest BCUT2D eigenvalue weighted by molar-refractivity contribution is 9.10. The van der Waals surface area contributed by atoms with Crippen LogP contribution in [-0.2, 0) is 30.5 Å². The van der Waals surface area contributed by atoms with Gasteiger partial charge in [-0.2, -0.15) is 0 Å². The van der Waals surface area contributed by atoms with Crippen molar-refractivity contribution in [1.29, 1.82) is 0 Å². The van der Waals surface area contributed by atoms with Crippen molar-refractivity contribution >= 4 is 26.9 Å². The summed E-state index contributed by atoms with van der Waals surface area (Å²) >= 11 is 3.40. The van der Waals surface area contributed by atoms with Gasteiger partial charge in [0.25, 0.3) is 0 Å². The monoisotopic (exact) mass is 548 g/mol. The van der Waals surface area contributed by atoms with Crippen molar-refractivity contribution in [2.75, 3.05) is 34.2 Å². The van der Waals surface area contributed by atoms with E-state index >= 15 is 0 Å². The summed E-state index contributed by atoms with van der Waals surface area (Å²) in [6.07, 6.45) is 2.34. The summed E-state index contributed by atoms with van der Waals surface area (Å²) in [6.45, 7) is 0.839. The van der Waals surface area contributed by atoms with Crippen molar-refractivity contribution < 1.29 is 23.2 Å². The lowest BCUT2D eigenvalue weighted by Gasteiger charge is -2.24. The maximum Gasteiger partial charge on any atom is 0.127 e. The maximum absolute atomic E-state index is 13.5. The zero-order valence-electron chi connectivity index (χ0n) is 19.7. The lowest BCUT2D eigenvalue weighted by atomic mass is 10.1. The highest BCUT2D eigenvalue weighted by atomic mass is 79.9. The van der Waals surface area contributed by atoms with E-state index in [9.17, 15) is 4.21 Å². The minimum absolute atomic E-state index is 0.419. The molecule has 0 aliphatic heterocycles. The fourth-order valence-corrected chi connectivity index (χ4v) is 4.86. The van der Waals surface area contributed by atoms with Crippen molar-refractivity contribution in [1.82, 2.24) is 9.29 Å². The molecule has 34 heavy (non-hydrogen) atoms. The van der Waals surface area contributed by atoms with E-state index < -0.39 is 11.0 Å². The van der Waals surface area contributed by atoms with E-state index in [1.807, 2.05) is 52.8 Å². The maximum atomic E-state index is 13.5. The summed E-state index contributed by atoms with van der Waals surface area (Å²) in [5.41, 5.74) is 2.71. The molecule has 0 fully saturated rings. The van der Waals surface area contributed by atoms with E-state index in [1.165, 1.54) is 0 Å². The molecule has 1 heterocycles. The smallest absolute Gasteiger partial charge is 0.127 e. The molecular formula is C25H29BrN2O5S. The van der Waals surface area contributed by atoms with Crippen LogP contribution in [0.25, 0.3) is 0 Å². The standard InChI is InChI=1S/C25H29BrN2O5S/c1-30-22-9-5-18(24(13-22)32-3)16-28(17-19-6-10-23(31-2)14-25(19)33-4)34(29)12-11-21-8-7-20(26)15-27-21/h5-10,13-15H,11-12,16-17H2,1-4H3. The Kier molecular flexibility index (Phi) is 9.74. The number of aryl methyl sites for hydroxylation is 1. The van der Waals surface area contributed by atoms with Crippen molar-refractivity contribution in [3.8, 4) is 23.0 Å². The number of aromatic nitrogens is 1. The highest BCUT2D eigenvalue weighted by Gasteiger charge is 2.20. The molecule has 1 atom stereocenters. The Bertz CT molecular complexity index is 1050. The first kappa shape index (κ1) is 26.0. The number of rotatable bonds is 12. The van der Waals surface area contributed by atoms with Gasteiger partial charge >= 0.3 is 0 Å². The van der Waals surface area contributed by atoms with E-state index in [0.29, 0.717) is 48.3 Å². The number of hydrogen-bond donors (Lipinski definition) is 0. The van der Waals surface area contributed by atoms with Crippen molar-refractivity contribution in [2.45, 2.75) is 19.5 Å². The predicted molar refractivity (Wildman–Crippen MR) is 137 cm³/mol. The van der Waals surface area contributed by atoms with Crippen molar-refractivity contribution in [2.24, 2.45) is 0 Å². The van der Waals surface area contributed by atoms with Crippen LogP contribution < -0.4 is 18.9 Å². The van der Waals surface area contributed by atoms with Gasteiger partial charge in [0.15, 0.2) is 0 Å². The van der Waals surface area contributed by atoms with Gasteiger partial charge in [-0.1, -0.05) is 12.1 Å². The van der Waals surface area contributed by atoms with Crippen LogP contribution in [0.2, 0.25) is 0 Å². The fourth-order valence-electron chi connectivity index (χ4n) is 3.42. The average molecular weight is 549 g/mol. The number of hydrogen-bond acceptors (Lipinski definition) is 6. The summed E-state index contributed by atoms with van der Waals surface area (Å²) in [5, 5.41) is 0. The fraction of sp³-hybridized carbons (Fsp3) is 0.320. The van der Waals surface area contributed by atoms with E-state index in [-0.39, 0.29) is 0 Å². The van der Waals surface area contributed by atoms with Gasteiger partial charge in [0.2, 0.25) is 0 Å². The zero-order valence-corrected chi connectivity index (χ0v) is 22.1. The average Bonchev–Trinajstić information content (AvgIpc) is 2.87. The minimum Gasteiger partial charge on any atom is -0.497 e. The van der Waals surface area contributed by atoms with Gasteiger partial charge < -0.3 is 18.9 Å². The topological polar surface area (TPSA) is 70.1 Å². The molecule has 0 aliphatic rings. The molecule has 3 aromatic rings. The van der Waals surface area contributed by atoms with E-state index in [0.717, 1.165) is 21.3 Å². The molecule has 0 saturated carbocycles. The molecular weight excluding hydrogens is 520 g/mol. The van der Waals surface area contributed by atoms with Crippen molar-refractivity contribution in [3.63, 3.8) is 0 Å². The summed E-state index contributed by atoms with van der Waals surface area (Å²) in [4.78, 5) is 4.40. The van der Waals surface area contributed by atoms with E-state index in [2.05, 4.69) is 20.9 Å². The Morgan fingerprint density at radius 1 is 0.824 bits per heavy atom. The number of halogens is 1. The largest absolute Gasteiger partial charge is 0.497 e. The SMILES string of the molecule is COc1ccc(CN(Cc2ccc(OC)cc2OC)S(=O)CCc2ccc(Br)cn2)c(OC)c1. The normalized spacial score (nSPS) is 11.8. The summed E-state index contributed by atoms with van der Waals surface area (Å²) < 4.78 is 38.1. The molecule has 2 aromatic carbocycles. The van der Waals surface area contributed by atoms with Gasteiger partial charge in [0.05, 0.1) is 39.4 Å². The summed E-state index contributed by atoms with van der Waals surface area (Å²) in [6, 6.07) is 15.1. The third-order valence-electron chi connectivity index (χ3n) is 5.29. The van der Waals surface area contributed by atoms with E-state index in [1.54, 1.807) is 34.6 Å². The lowest BCUT2D eigenvalue weighted by Crippen LogP contribution is -2.28. The number of nitrogens with zero attached hydrogens (tertiary/aromatic N) is 2. The second-order valence-electron chi connectivity index (χ2n) is 7.40. The molecule has 0 radical (unpaired) electrons. The van der Waals surface area contributed by atoms with Crippen LogP contribution >= 0.6 is 15.9 Å². The lowest BCUT2D eigenvalue weighted by molar-refractivity contribution is 0.367. The second-order valence-corrected chi connectivity index (χ2v) is 9.88. The first-order valence-electron chi connectivity index (χ1n) is 10.6. The molecule has 9 heteroatoms. The van der Waals surface area contributed by atoms with Crippen LogP contribution in [0, 0.1) is 0 Å². The third-order valence-corrected chi connectivity index (χ3v) is 7.15. The number of pyridine rings is 1. The first-order valence-corrected chi connectivity index (χ1v) is 12.7. The Morgan fingerprint density at radius 2 is 1.38 bits per heavy atom. The molecule has 0 N–H and O–H groups in total. The molecule has 1 unspecified atom stereocenters. The van der Waals surface area contributed by atoms with E-state index in [4.69, 9.17) is 18.9 Å². The van der Waals surface area contributed by atoms with Gasteiger partial charge in [0.1, 0.15) is 23.0 Å². The highest BCUT2D eigenvalue weighted by Crippen LogP contribution is 2.30. The molecule has 1 aromatic heterocycles. The molecule has 182 valence electrons. The molecule has 7 nitrogen and oxygen atoms in total. The Labute approximate surface area is 211 Å². The second kappa shape index (κ2) is 12.7. The molecule has 0 aliphatic carbocycles. The Morgan fingerprint density at radius 3 is 1.82 bits per heavy atom. The molecule has 0 spiro atoms. The van der Waals surface area contributed by atoms with Gasteiger partial charge in [-0.15, -0.1) is 0 Å². The number of benzene rings is 2. The quantitative estimate of drug-likeness (QED) is 0.324. The minimum atomic E-state index is -1.29. The molecule has 0 bridgehead atoms. The Hall–Kier alpha value is -2.62.